The second kappa shape index (κ2) is 10.1. The van der Waals surface area contributed by atoms with Gasteiger partial charge >= 0.3 is 0 Å². The van der Waals surface area contributed by atoms with Crippen molar-refractivity contribution in [2.24, 2.45) is 0 Å². The van der Waals surface area contributed by atoms with Crippen molar-refractivity contribution < 1.29 is 0 Å². The van der Waals surface area contributed by atoms with Crippen LogP contribution in [0.2, 0.25) is 0 Å². The molecule has 8 aromatic carbocycles. The van der Waals surface area contributed by atoms with Crippen molar-refractivity contribution in [3.63, 3.8) is 0 Å². The molecule has 2 aromatic heterocycles. The topological polar surface area (TPSA) is 0 Å². The minimum Gasteiger partial charge on any atom is -0.134 e. The quantitative estimate of drug-likeness (QED) is 0.173. The Hall–Kier alpha value is -5.28. The molecule has 10 rings (SSSR count). The standard InChI is InChI=1S/C44H26S2/c1-2-14-28(15-3-1)40-26-38-36(25-37-30-18-10-11-24-39(30)45-43(37)44(38)46-40)42-34-21-8-6-19-32(34)41(33-20-7-9-22-35(33)42)31-23-12-16-27-13-4-5-17-29(27)31/h1-26H. The predicted molar refractivity (Wildman–Crippen MR) is 204 cm³/mol. The zero-order valence-corrected chi connectivity index (χ0v) is 26.5. The molecule has 0 fully saturated rings. The van der Waals surface area contributed by atoms with Gasteiger partial charge in [0.2, 0.25) is 0 Å². The average molecular weight is 619 g/mol. The molecule has 0 saturated carbocycles. The Morgan fingerprint density at radius 1 is 0.326 bits per heavy atom. The van der Waals surface area contributed by atoms with E-state index in [0.29, 0.717) is 0 Å². The first-order valence-electron chi connectivity index (χ1n) is 15.7. The van der Waals surface area contributed by atoms with Crippen LogP contribution in [0.5, 0.6) is 0 Å². The molecule has 0 unspecified atom stereocenters. The molecule has 0 aliphatic heterocycles. The minimum absolute atomic E-state index is 1.26. The lowest BCUT2D eigenvalue weighted by atomic mass is 9.84. The summed E-state index contributed by atoms with van der Waals surface area (Å²) in [6.07, 6.45) is 0. The maximum absolute atomic E-state index is 2.49. The van der Waals surface area contributed by atoms with Crippen LogP contribution in [0.3, 0.4) is 0 Å². The van der Waals surface area contributed by atoms with E-state index >= 15 is 0 Å². The summed E-state index contributed by atoms with van der Waals surface area (Å²) in [7, 11) is 0. The molecule has 0 atom stereocenters. The number of hydrogen-bond acceptors (Lipinski definition) is 2. The van der Waals surface area contributed by atoms with Crippen LogP contribution in [-0.2, 0) is 0 Å². The van der Waals surface area contributed by atoms with Gasteiger partial charge in [0.15, 0.2) is 0 Å². The van der Waals surface area contributed by atoms with E-state index in [2.05, 4.69) is 158 Å². The monoisotopic (exact) mass is 618 g/mol. The van der Waals surface area contributed by atoms with Crippen molar-refractivity contribution >= 4 is 85.2 Å². The first kappa shape index (κ1) is 26.0. The van der Waals surface area contributed by atoms with Crippen molar-refractivity contribution in [3.8, 4) is 32.7 Å². The van der Waals surface area contributed by atoms with E-state index in [1.54, 1.807) is 0 Å². The van der Waals surface area contributed by atoms with Gasteiger partial charge in [0.25, 0.3) is 0 Å². The third-order valence-electron chi connectivity index (χ3n) is 9.47. The van der Waals surface area contributed by atoms with Crippen LogP contribution in [-0.4, -0.2) is 0 Å². The minimum atomic E-state index is 1.26. The third kappa shape index (κ3) is 3.78. The molecule has 2 heterocycles. The lowest BCUT2D eigenvalue weighted by Gasteiger charge is -2.19. The summed E-state index contributed by atoms with van der Waals surface area (Å²) in [5, 5.41) is 11.7. The molecule has 0 nitrogen and oxygen atoms in total. The molecule has 46 heavy (non-hydrogen) atoms. The van der Waals surface area contributed by atoms with Crippen molar-refractivity contribution in [1.29, 1.82) is 0 Å². The van der Waals surface area contributed by atoms with E-state index in [1.165, 1.54) is 95.3 Å². The normalized spacial score (nSPS) is 11.9. The largest absolute Gasteiger partial charge is 0.134 e. The molecule has 2 heteroatoms. The Morgan fingerprint density at radius 3 is 1.59 bits per heavy atom. The van der Waals surface area contributed by atoms with Crippen LogP contribution in [0.1, 0.15) is 0 Å². The predicted octanol–water partition coefficient (Wildman–Crippen LogP) is 13.7. The average Bonchev–Trinajstić information content (AvgIpc) is 3.73. The lowest BCUT2D eigenvalue weighted by Crippen LogP contribution is -1.92. The van der Waals surface area contributed by atoms with Crippen LogP contribution in [0.4, 0.5) is 0 Å². The molecule has 10 aromatic rings. The Morgan fingerprint density at radius 2 is 0.870 bits per heavy atom. The molecule has 0 aliphatic carbocycles. The molecule has 0 aliphatic rings. The van der Waals surface area contributed by atoms with E-state index in [-0.39, 0.29) is 0 Å². The van der Waals surface area contributed by atoms with Crippen LogP contribution in [0, 0.1) is 0 Å². The van der Waals surface area contributed by atoms with Gasteiger partial charge in [-0.3, -0.25) is 0 Å². The highest BCUT2D eigenvalue weighted by Gasteiger charge is 2.22. The summed E-state index contributed by atoms with van der Waals surface area (Å²) in [5.41, 5.74) is 6.48. The van der Waals surface area contributed by atoms with Gasteiger partial charge in [0.1, 0.15) is 0 Å². The summed E-state index contributed by atoms with van der Waals surface area (Å²) >= 11 is 3.85. The molecule has 214 valence electrons. The molecular formula is C44H26S2. The van der Waals surface area contributed by atoms with Crippen molar-refractivity contribution in [2.45, 2.75) is 0 Å². The first-order valence-corrected chi connectivity index (χ1v) is 17.3. The fourth-order valence-corrected chi connectivity index (χ4v) is 9.98. The lowest BCUT2D eigenvalue weighted by molar-refractivity contribution is 1.69. The summed E-state index contributed by atoms with van der Waals surface area (Å²) in [6.45, 7) is 0. The fourth-order valence-electron chi connectivity index (χ4n) is 7.46. The highest BCUT2D eigenvalue weighted by molar-refractivity contribution is 7.32. The van der Waals surface area contributed by atoms with Crippen molar-refractivity contribution in [3.05, 3.63) is 158 Å². The van der Waals surface area contributed by atoms with Crippen LogP contribution in [0.15, 0.2) is 158 Å². The third-order valence-corrected chi connectivity index (χ3v) is 12.0. The Labute approximate surface area is 274 Å². The van der Waals surface area contributed by atoms with Gasteiger partial charge in [-0.05, 0) is 78.3 Å². The van der Waals surface area contributed by atoms with E-state index in [9.17, 15) is 0 Å². The van der Waals surface area contributed by atoms with Gasteiger partial charge in [-0.2, -0.15) is 0 Å². The Balaban J connectivity index is 1.39. The fraction of sp³-hybridized carbons (Fsp3) is 0. The van der Waals surface area contributed by atoms with Gasteiger partial charge in [-0.25, -0.2) is 0 Å². The maximum atomic E-state index is 2.49. The molecule has 0 radical (unpaired) electrons. The molecular weight excluding hydrogens is 593 g/mol. The SMILES string of the molecule is c1ccc(-c2cc3c(-c4c5ccccc5c(-c5cccc6ccccc56)c5ccccc45)cc4c5ccccc5sc4c3s2)cc1. The summed E-state index contributed by atoms with van der Waals surface area (Å²) in [5.74, 6) is 0. The van der Waals surface area contributed by atoms with Crippen molar-refractivity contribution in [2.75, 3.05) is 0 Å². The number of rotatable bonds is 3. The molecule has 0 spiro atoms. The number of benzene rings is 8. The number of hydrogen-bond donors (Lipinski definition) is 0. The zero-order valence-electron chi connectivity index (χ0n) is 24.8. The van der Waals surface area contributed by atoms with E-state index in [4.69, 9.17) is 0 Å². The van der Waals surface area contributed by atoms with Crippen LogP contribution >= 0.6 is 22.7 Å². The van der Waals surface area contributed by atoms with Gasteiger partial charge in [-0.15, -0.1) is 22.7 Å². The highest BCUT2D eigenvalue weighted by Crippen LogP contribution is 2.51. The summed E-state index contributed by atoms with van der Waals surface area (Å²) in [4.78, 5) is 1.31. The molecule has 0 amide bonds. The molecule has 0 saturated heterocycles. The Bertz CT molecular complexity index is 2740. The van der Waals surface area contributed by atoms with E-state index < -0.39 is 0 Å². The Kier molecular flexibility index (Phi) is 5.72. The van der Waals surface area contributed by atoms with Crippen LogP contribution < -0.4 is 0 Å². The van der Waals surface area contributed by atoms with E-state index in [0.717, 1.165) is 0 Å². The second-order valence-electron chi connectivity index (χ2n) is 12.0. The number of fused-ring (bicyclic) bond motifs is 8. The van der Waals surface area contributed by atoms with Gasteiger partial charge in [0, 0.05) is 25.7 Å². The number of thiophene rings is 2. The molecule has 0 N–H and O–H groups in total. The first-order chi connectivity index (χ1) is 22.8. The summed E-state index contributed by atoms with van der Waals surface area (Å²) < 4.78 is 4.10. The van der Waals surface area contributed by atoms with Gasteiger partial charge < -0.3 is 0 Å². The van der Waals surface area contributed by atoms with Gasteiger partial charge in [-0.1, -0.05) is 140 Å². The second-order valence-corrected chi connectivity index (χ2v) is 14.1. The molecule has 0 bridgehead atoms. The maximum Gasteiger partial charge on any atom is 0.0534 e. The van der Waals surface area contributed by atoms with E-state index in [1.807, 2.05) is 22.7 Å². The van der Waals surface area contributed by atoms with Crippen LogP contribution in [0.25, 0.3) is 95.3 Å². The van der Waals surface area contributed by atoms with Gasteiger partial charge in [0.05, 0.1) is 9.40 Å². The highest BCUT2D eigenvalue weighted by atomic mass is 32.1. The van der Waals surface area contributed by atoms with Crippen molar-refractivity contribution in [1.82, 2.24) is 0 Å². The zero-order chi connectivity index (χ0) is 30.2. The summed E-state index contributed by atoms with van der Waals surface area (Å²) in [6, 6.07) is 58.2. The smallest absolute Gasteiger partial charge is 0.0534 e.